The van der Waals surface area contributed by atoms with E-state index in [9.17, 15) is 23.6 Å². The molecule has 2 N–H and O–H groups in total. The van der Waals surface area contributed by atoms with Gasteiger partial charge in [0.05, 0.1) is 32.4 Å². The normalized spacial score (nSPS) is 16.1. The average molecular weight is 739 g/mol. The van der Waals surface area contributed by atoms with E-state index in [4.69, 9.17) is 9.72 Å². The van der Waals surface area contributed by atoms with Gasteiger partial charge in [0.2, 0.25) is 5.95 Å². The first kappa shape index (κ1) is 41.1. The van der Waals surface area contributed by atoms with Gasteiger partial charge in [0, 0.05) is 32.3 Å². The van der Waals surface area contributed by atoms with Crippen LogP contribution in [0.5, 0.6) is 0 Å². The summed E-state index contributed by atoms with van der Waals surface area (Å²) >= 11 is 0.750. The third kappa shape index (κ3) is 11.2. The highest BCUT2D eigenvalue weighted by molar-refractivity contribution is 7.14. The number of imidazole rings is 1. The summed E-state index contributed by atoms with van der Waals surface area (Å²) < 4.78 is 34.3. The van der Waals surface area contributed by atoms with Gasteiger partial charge >= 0.3 is 0 Å². The summed E-state index contributed by atoms with van der Waals surface area (Å²) in [5.41, 5.74) is 2.60. The van der Waals surface area contributed by atoms with Gasteiger partial charge in [-0.25, -0.2) is 13.8 Å². The van der Waals surface area contributed by atoms with E-state index in [1.165, 1.54) is 12.1 Å². The molecule has 1 aliphatic heterocycles. The number of aromatic nitrogens is 2. The lowest BCUT2D eigenvalue weighted by Crippen LogP contribution is -2.39. The van der Waals surface area contributed by atoms with Crippen LogP contribution < -0.4 is 10.6 Å². The Morgan fingerprint density at radius 1 is 1.13 bits per heavy atom. The summed E-state index contributed by atoms with van der Waals surface area (Å²) in [6, 6.07) is 10.8. The maximum Gasteiger partial charge on any atom is 0.272 e. The van der Waals surface area contributed by atoms with Crippen LogP contribution in [0.2, 0.25) is 0 Å². The van der Waals surface area contributed by atoms with E-state index in [2.05, 4.69) is 58.2 Å². The highest BCUT2D eigenvalue weighted by Crippen LogP contribution is 2.30. The van der Waals surface area contributed by atoms with Crippen molar-refractivity contribution in [1.29, 1.82) is 5.26 Å². The van der Waals surface area contributed by atoms with Crippen molar-refractivity contribution in [2.75, 3.05) is 18.5 Å². The predicted octanol–water partition coefficient (Wildman–Crippen LogP) is 9.41. The maximum absolute atomic E-state index is 13.7. The zero-order valence-electron chi connectivity index (χ0n) is 31.9. The van der Waals surface area contributed by atoms with Crippen LogP contribution in [0.25, 0.3) is 11.0 Å². The van der Waals surface area contributed by atoms with Crippen LogP contribution in [-0.4, -0.2) is 57.1 Å². The van der Waals surface area contributed by atoms with E-state index in [-0.39, 0.29) is 50.3 Å². The second-order valence-corrected chi connectivity index (χ2v) is 16.6. The summed E-state index contributed by atoms with van der Waals surface area (Å²) in [6.07, 6.45) is 6.33. The molecule has 3 aromatic rings. The number of benzene rings is 1. The third-order valence-corrected chi connectivity index (χ3v) is 11.1. The number of likely N-dealkylation sites (tertiary alicyclic amines) is 1. The van der Waals surface area contributed by atoms with E-state index in [0.29, 0.717) is 38.2 Å². The molecule has 0 spiro atoms. The molecule has 52 heavy (non-hydrogen) atoms. The number of anilines is 1. The maximum atomic E-state index is 13.7. The molecule has 284 valence electrons. The largest absolute Gasteiger partial charge is 0.376 e. The number of unbranched alkanes of at least 4 members (excludes halogenated alkanes) is 4. The van der Waals surface area contributed by atoms with Gasteiger partial charge in [0.15, 0.2) is 0 Å². The Balaban J connectivity index is 1.50. The van der Waals surface area contributed by atoms with Crippen LogP contribution in [-0.2, 0) is 22.6 Å². The van der Waals surface area contributed by atoms with E-state index in [1.54, 1.807) is 11.0 Å². The number of carbonyl (C=O) groups excluding carboxylic acids is 2. The summed E-state index contributed by atoms with van der Waals surface area (Å²) in [5.74, 6) is -0.528. The molecule has 9 nitrogen and oxygen atoms in total. The fourth-order valence-corrected chi connectivity index (χ4v) is 7.25. The minimum absolute atomic E-state index is 0.0850. The second kappa shape index (κ2) is 18.4. The van der Waals surface area contributed by atoms with Crippen LogP contribution in [0.4, 0.5) is 14.7 Å². The van der Waals surface area contributed by atoms with Crippen LogP contribution in [0.3, 0.4) is 0 Å². The van der Waals surface area contributed by atoms with Crippen LogP contribution in [0.1, 0.15) is 126 Å². The standard InChI is InChI=1S/C40H56F2N6O3S/c1-8-51-40(6,7)21-13-11-9-10-12-15-29(24-43)37(50)47-22-14-16-30(47)26-48-32-18-17-28(25-44-27(2)39(3,4)5)23-31(32)45-38(48)46-36(49)34-20-19-33(52-34)35(41)42/h15,17-20,23,27,30,35,44H,8-14,16,21-22,25-26H2,1-7H3,(H,45,46,49)/b29-15+/t27-,30+/m0/s1. The van der Waals surface area contributed by atoms with Crippen molar-refractivity contribution in [2.24, 2.45) is 5.41 Å². The molecular weight excluding hydrogens is 683 g/mol. The van der Waals surface area contributed by atoms with E-state index >= 15 is 0 Å². The highest BCUT2D eigenvalue weighted by atomic mass is 32.1. The Hall–Kier alpha value is -3.66. The van der Waals surface area contributed by atoms with Crippen molar-refractivity contribution >= 4 is 40.1 Å². The number of hydrogen-bond acceptors (Lipinski definition) is 7. The van der Waals surface area contributed by atoms with Crippen LogP contribution >= 0.6 is 11.3 Å². The van der Waals surface area contributed by atoms with Gasteiger partial charge in [-0.1, -0.05) is 52.2 Å². The van der Waals surface area contributed by atoms with Gasteiger partial charge in [-0.3, -0.25) is 14.9 Å². The topological polar surface area (TPSA) is 112 Å². The molecule has 2 aromatic heterocycles. The lowest BCUT2D eigenvalue weighted by molar-refractivity contribution is -0.127. The lowest BCUT2D eigenvalue weighted by Gasteiger charge is -2.28. The molecule has 1 aromatic carbocycles. The van der Waals surface area contributed by atoms with Gasteiger partial charge in [-0.05, 0) is 95.0 Å². The Morgan fingerprint density at radius 3 is 2.56 bits per heavy atom. The number of amides is 2. The molecule has 1 fully saturated rings. The van der Waals surface area contributed by atoms with Crippen molar-refractivity contribution in [3.05, 3.63) is 57.3 Å². The Kier molecular flexibility index (Phi) is 14.5. The molecule has 3 heterocycles. The number of fused-ring (bicyclic) bond motifs is 1. The lowest BCUT2D eigenvalue weighted by atomic mass is 9.88. The second-order valence-electron chi connectivity index (χ2n) is 15.5. The van der Waals surface area contributed by atoms with Crippen LogP contribution in [0.15, 0.2) is 42.0 Å². The molecule has 0 aliphatic carbocycles. The van der Waals surface area contributed by atoms with E-state index in [1.807, 2.05) is 29.7 Å². The first-order chi connectivity index (χ1) is 24.6. The Labute approximate surface area is 311 Å². The first-order valence-electron chi connectivity index (χ1n) is 18.6. The minimum atomic E-state index is -2.66. The molecule has 1 saturated heterocycles. The molecule has 0 radical (unpaired) electrons. The Morgan fingerprint density at radius 2 is 1.88 bits per heavy atom. The Bertz CT molecular complexity index is 1730. The number of nitrogens with one attached hydrogen (secondary N) is 2. The number of nitriles is 1. The zero-order chi connectivity index (χ0) is 38.1. The van der Waals surface area contributed by atoms with Crippen molar-refractivity contribution in [3.8, 4) is 6.07 Å². The van der Waals surface area contributed by atoms with Gasteiger partial charge < -0.3 is 19.5 Å². The molecule has 2 atom stereocenters. The summed E-state index contributed by atoms with van der Waals surface area (Å²) in [5, 5.41) is 16.4. The van der Waals surface area contributed by atoms with Gasteiger partial charge in [-0.2, -0.15) is 5.26 Å². The highest BCUT2D eigenvalue weighted by Gasteiger charge is 2.32. The van der Waals surface area contributed by atoms with Gasteiger partial charge in [0.25, 0.3) is 18.2 Å². The number of alkyl halides is 2. The quantitative estimate of drug-likeness (QED) is 0.0764. The summed E-state index contributed by atoms with van der Waals surface area (Å²) in [4.78, 5) is 33.6. The number of nitrogens with zero attached hydrogens (tertiary/aromatic N) is 4. The molecule has 0 saturated carbocycles. The van der Waals surface area contributed by atoms with Crippen molar-refractivity contribution in [1.82, 2.24) is 19.8 Å². The van der Waals surface area contributed by atoms with E-state index in [0.717, 1.165) is 67.4 Å². The number of carbonyl (C=O) groups is 2. The summed E-state index contributed by atoms with van der Waals surface area (Å²) in [6.45, 7) is 17.2. The average Bonchev–Trinajstić information content (AvgIpc) is 3.84. The molecular formula is C40H56F2N6O3S. The smallest absolute Gasteiger partial charge is 0.272 e. The summed E-state index contributed by atoms with van der Waals surface area (Å²) in [7, 11) is 0. The number of allylic oxidation sites excluding steroid dienone is 1. The number of hydrogen-bond donors (Lipinski definition) is 2. The van der Waals surface area contributed by atoms with Crippen molar-refractivity contribution in [3.63, 3.8) is 0 Å². The molecule has 12 heteroatoms. The van der Waals surface area contributed by atoms with E-state index < -0.39 is 12.3 Å². The minimum Gasteiger partial charge on any atom is -0.376 e. The van der Waals surface area contributed by atoms with Crippen LogP contribution in [0, 0.1) is 16.7 Å². The van der Waals surface area contributed by atoms with Crippen molar-refractivity contribution < 1.29 is 23.1 Å². The fraction of sp³-hybridized carbons (Fsp3) is 0.600. The molecule has 2 amide bonds. The monoisotopic (exact) mass is 738 g/mol. The number of thiophene rings is 1. The predicted molar refractivity (Wildman–Crippen MR) is 205 cm³/mol. The van der Waals surface area contributed by atoms with Gasteiger partial charge in [-0.15, -0.1) is 11.3 Å². The van der Waals surface area contributed by atoms with Crippen molar-refractivity contribution in [2.45, 2.75) is 137 Å². The molecule has 4 rings (SSSR count). The van der Waals surface area contributed by atoms with Gasteiger partial charge in [0.1, 0.15) is 11.6 Å². The first-order valence-corrected chi connectivity index (χ1v) is 19.4. The molecule has 1 aliphatic rings. The number of ether oxygens (including phenoxy) is 1. The zero-order valence-corrected chi connectivity index (χ0v) is 32.7. The molecule has 0 unspecified atom stereocenters. The SMILES string of the molecule is CCOC(C)(C)CCCCCC/C=C(\C#N)C(=O)N1CCC[C@@H]1Cn1c(NC(=O)c2ccc(C(F)F)s2)nc2cc(CN[C@@H](C)C(C)(C)C)ccc21. The number of halogens is 2. The fourth-order valence-electron chi connectivity index (χ4n) is 6.50. The third-order valence-electron chi connectivity index (χ3n) is 10.0. The molecule has 0 bridgehead atoms. The number of rotatable bonds is 18.